The number of nitrogens with zero attached hydrogens (tertiary/aromatic N) is 5. The van der Waals surface area contributed by atoms with Crippen LogP contribution in [0.2, 0.25) is 0 Å². The molecule has 2 aromatic heterocycles. The van der Waals surface area contributed by atoms with Crippen molar-refractivity contribution in [2.24, 2.45) is 0 Å². The molecule has 0 amide bonds. The molecule has 0 aliphatic carbocycles. The molecule has 0 unspecified atom stereocenters. The van der Waals surface area contributed by atoms with E-state index >= 15 is 0 Å². The lowest BCUT2D eigenvalue weighted by molar-refractivity contribution is 0.250. The average molecular weight is 341 g/mol. The fourth-order valence-electron chi connectivity index (χ4n) is 3.35. The molecule has 6 heteroatoms. The second-order valence-electron chi connectivity index (χ2n) is 6.92. The maximum atomic E-state index is 4.81. The number of likely N-dealkylation sites (tertiary alicyclic amines) is 1. The Kier molecular flexibility index (Phi) is 4.10. The van der Waals surface area contributed by atoms with Gasteiger partial charge >= 0.3 is 0 Å². The topological polar surface area (TPSA) is 46.3 Å². The number of benzene rings is 1. The minimum atomic E-state index is 0.479. The highest BCUT2D eigenvalue weighted by Gasteiger charge is 2.24. The van der Waals surface area contributed by atoms with E-state index in [4.69, 9.17) is 5.10 Å². The highest BCUT2D eigenvalue weighted by molar-refractivity contribution is 7.16. The molecule has 3 aromatic rings. The van der Waals surface area contributed by atoms with Crippen molar-refractivity contribution in [2.75, 3.05) is 20.1 Å². The van der Waals surface area contributed by atoms with Crippen molar-refractivity contribution in [1.29, 1.82) is 0 Å². The van der Waals surface area contributed by atoms with Gasteiger partial charge in [0.1, 0.15) is 5.01 Å². The van der Waals surface area contributed by atoms with Crippen LogP contribution in [0.15, 0.2) is 18.2 Å². The Morgan fingerprint density at radius 2 is 1.92 bits per heavy atom. The molecule has 1 aliphatic heterocycles. The quantitative estimate of drug-likeness (QED) is 0.734. The smallest absolute Gasteiger partial charge is 0.234 e. The van der Waals surface area contributed by atoms with E-state index in [-0.39, 0.29) is 0 Å². The van der Waals surface area contributed by atoms with Crippen LogP contribution in [0, 0.1) is 13.8 Å². The first-order valence-corrected chi connectivity index (χ1v) is 9.37. The third kappa shape index (κ3) is 2.96. The number of rotatable bonds is 3. The van der Waals surface area contributed by atoms with Gasteiger partial charge in [0.25, 0.3) is 0 Å². The van der Waals surface area contributed by atoms with Gasteiger partial charge in [0, 0.05) is 12.3 Å². The Morgan fingerprint density at radius 3 is 2.67 bits per heavy atom. The van der Waals surface area contributed by atoms with Crippen LogP contribution in [0.25, 0.3) is 4.96 Å². The summed E-state index contributed by atoms with van der Waals surface area (Å²) in [6.07, 6.45) is 3.14. The van der Waals surface area contributed by atoms with E-state index in [9.17, 15) is 0 Å². The summed E-state index contributed by atoms with van der Waals surface area (Å²) >= 11 is 1.66. The van der Waals surface area contributed by atoms with Crippen molar-refractivity contribution in [3.63, 3.8) is 0 Å². The summed E-state index contributed by atoms with van der Waals surface area (Å²) in [7, 11) is 2.18. The minimum absolute atomic E-state index is 0.479. The van der Waals surface area contributed by atoms with Crippen molar-refractivity contribution in [3.05, 3.63) is 45.7 Å². The van der Waals surface area contributed by atoms with E-state index < -0.39 is 0 Å². The summed E-state index contributed by atoms with van der Waals surface area (Å²) < 4.78 is 1.98. The van der Waals surface area contributed by atoms with Crippen molar-refractivity contribution in [1.82, 2.24) is 24.7 Å². The van der Waals surface area contributed by atoms with E-state index in [2.05, 4.69) is 54.2 Å². The highest BCUT2D eigenvalue weighted by atomic mass is 32.1. The predicted molar refractivity (Wildman–Crippen MR) is 96.9 cm³/mol. The van der Waals surface area contributed by atoms with Crippen LogP contribution in [0.1, 0.15) is 46.3 Å². The van der Waals surface area contributed by atoms with E-state index in [0.717, 1.165) is 48.1 Å². The van der Waals surface area contributed by atoms with E-state index in [1.54, 1.807) is 11.3 Å². The van der Waals surface area contributed by atoms with Crippen LogP contribution in [-0.4, -0.2) is 44.8 Å². The third-order valence-corrected chi connectivity index (χ3v) is 5.97. The first kappa shape index (κ1) is 15.7. The van der Waals surface area contributed by atoms with Crippen LogP contribution in [-0.2, 0) is 6.42 Å². The number of hydrogen-bond acceptors (Lipinski definition) is 5. The average Bonchev–Trinajstić information content (AvgIpc) is 3.12. The van der Waals surface area contributed by atoms with Crippen LogP contribution in [0.4, 0.5) is 0 Å². The normalized spacial score (nSPS) is 17.0. The number of hydrogen-bond donors (Lipinski definition) is 0. The second kappa shape index (κ2) is 6.26. The van der Waals surface area contributed by atoms with Crippen molar-refractivity contribution < 1.29 is 0 Å². The zero-order valence-corrected chi connectivity index (χ0v) is 15.3. The van der Waals surface area contributed by atoms with Gasteiger partial charge in [-0.15, -0.1) is 10.2 Å². The second-order valence-corrected chi connectivity index (χ2v) is 7.96. The van der Waals surface area contributed by atoms with Gasteiger partial charge in [-0.1, -0.05) is 29.5 Å². The van der Waals surface area contributed by atoms with Crippen LogP contribution in [0.3, 0.4) is 0 Å². The number of aryl methyl sites for hydroxylation is 2. The summed E-state index contributed by atoms with van der Waals surface area (Å²) in [5, 5.41) is 14.7. The molecule has 0 atom stereocenters. The summed E-state index contributed by atoms with van der Waals surface area (Å²) in [6, 6.07) is 6.65. The lowest BCUT2D eigenvalue weighted by Crippen LogP contribution is -2.30. The van der Waals surface area contributed by atoms with E-state index in [1.807, 2.05) is 4.52 Å². The van der Waals surface area contributed by atoms with Crippen LogP contribution >= 0.6 is 11.3 Å². The van der Waals surface area contributed by atoms with Gasteiger partial charge in [0.2, 0.25) is 4.96 Å². The Morgan fingerprint density at radius 1 is 1.12 bits per heavy atom. The summed E-state index contributed by atoms with van der Waals surface area (Å²) in [4.78, 5) is 3.30. The first-order valence-electron chi connectivity index (χ1n) is 8.56. The molecule has 3 heterocycles. The van der Waals surface area contributed by atoms with Crippen LogP contribution < -0.4 is 0 Å². The standard InChI is InChI=1S/C18H23N5S/c1-12-4-5-14(10-13(12)2)11-16-21-23-17(19-20-18(23)24-16)15-6-8-22(3)9-7-15/h4-5,10,15H,6-9,11H2,1-3H3. The molecule has 0 N–H and O–H groups in total. The molecule has 1 aliphatic rings. The third-order valence-electron chi connectivity index (χ3n) is 5.07. The van der Waals surface area contributed by atoms with E-state index in [1.165, 1.54) is 16.7 Å². The number of fused-ring (bicyclic) bond motifs is 1. The highest BCUT2D eigenvalue weighted by Crippen LogP contribution is 2.28. The molecule has 0 bridgehead atoms. The Labute approximate surface area is 146 Å². The van der Waals surface area contributed by atoms with Crippen molar-refractivity contribution in [3.8, 4) is 0 Å². The fraction of sp³-hybridized carbons (Fsp3) is 0.500. The van der Waals surface area contributed by atoms with Gasteiger partial charge in [-0.05, 0) is 63.5 Å². The summed E-state index contributed by atoms with van der Waals surface area (Å²) in [5.41, 5.74) is 3.98. The lowest BCUT2D eigenvalue weighted by Gasteiger charge is -2.27. The Balaban J connectivity index is 1.58. The molecular formula is C18H23N5S. The molecule has 24 heavy (non-hydrogen) atoms. The first-order chi connectivity index (χ1) is 11.6. The summed E-state index contributed by atoms with van der Waals surface area (Å²) in [6.45, 7) is 6.56. The predicted octanol–water partition coefficient (Wildman–Crippen LogP) is 3.20. The molecule has 1 fully saturated rings. The number of piperidine rings is 1. The van der Waals surface area contributed by atoms with Gasteiger partial charge in [0.05, 0.1) is 0 Å². The molecule has 0 saturated carbocycles. The minimum Gasteiger partial charge on any atom is -0.306 e. The largest absolute Gasteiger partial charge is 0.306 e. The maximum absolute atomic E-state index is 4.81. The molecule has 0 radical (unpaired) electrons. The van der Waals surface area contributed by atoms with Crippen LogP contribution in [0.5, 0.6) is 0 Å². The van der Waals surface area contributed by atoms with Crippen molar-refractivity contribution >= 4 is 16.3 Å². The molecule has 4 rings (SSSR count). The molecule has 5 nitrogen and oxygen atoms in total. The Hall–Kier alpha value is -1.79. The van der Waals surface area contributed by atoms with Crippen molar-refractivity contribution in [2.45, 2.75) is 39.0 Å². The molecule has 126 valence electrons. The fourth-order valence-corrected chi connectivity index (χ4v) is 4.23. The molecular weight excluding hydrogens is 318 g/mol. The zero-order valence-electron chi connectivity index (χ0n) is 14.5. The van der Waals surface area contributed by atoms with Gasteiger partial charge in [-0.3, -0.25) is 0 Å². The SMILES string of the molecule is Cc1ccc(Cc2nn3c(C4CCN(C)CC4)nnc3s2)cc1C. The van der Waals surface area contributed by atoms with Gasteiger partial charge in [0.15, 0.2) is 5.82 Å². The zero-order chi connectivity index (χ0) is 16.7. The van der Waals surface area contributed by atoms with Gasteiger partial charge < -0.3 is 4.90 Å². The molecule has 1 aromatic carbocycles. The lowest BCUT2D eigenvalue weighted by atomic mass is 9.96. The molecule has 0 spiro atoms. The summed E-state index contributed by atoms with van der Waals surface area (Å²) in [5.74, 6) is 1.52. The van der Waals surface area contributed by atoms with Gasteiger partial charge in [-0.2, -0.15) is 9.61 Å². The molecule has 1 saturated heterocycles. The monoisotopic (exact) mass is 341 g/mol. The number of aromatic nitrogens is 4. The van der Waals surface area contributed by atoms with E-state index in [0.29, 0.717) is 5.92 Å². The maximum Gasteiger partial charge on any atom is 0.234 e. The Bertz CT molecular complexity index is 858. The van der Waals surface area contributed by atoms with Gasteiger partial charge in [-0.25, -0.2) is 0 Å².